The number of amides is 1. The molecule has 0 aliphatic carbocycles. The van der Waals surface area contributed by atoms with Gasteiger partial charge in [0.05, 0.1) is 5.69 Å². The van der Waals surface area contributed by atoms with E-state index in [0.29, 0.717) is 12.1 Å². The van der Waals surface area contributed by atoms with Crippen LogP contribution in [0.25, 0.3) is 0 Å². The maximum Gasteiger partial charge on any atom is 0.222 e. The zero-order valence-electron chi connectivity index (χ0n) is 12.2. The molecular weight excluding hydrogens is 269 g/mol. The van der Waals surface area contributed by atoms with E-state index in [1.54, 1.807) is 6.07 Å². The van der Waals surface area contributed by atoms with E-state index >= 15 is 0 Å². The number of rotatable bonds is 3. The van der Waals surface area contributed by atoms with Gasteiger partial charge in [-0.1, -0.05) is 0 Å². The summed E-state index contributed by atoms with van der Waals surface area (Å²) in [6, 6.07) is 5.40. The minimum Gasteiger partial charge on any atom is -0.382 e. The Labute approximate surface area is 124 Å². The number of carbonyl (C=O) groups is 1. The minimum absolute atomic E-state index is 0.0687. The lowest BCUT2D eigenvalue weighted by Crippen LogP contribution is -2.27. The average Bonchev–Trinajstić information content (AvgIpc) is 2.90. The van der Waals surface area contributed by atoms with Crippen LogP contribution in [0.2, 0.25) is 0 Å². The molecule has 2 N–H and O–H groups in total. The van der Waals surface area contributed by atoms with Crippen molar-refractivity contribution in [1.29, 1.82) is 0 Å². The Morgan fingerprint density at radius 3 is 2.81 bits per heavy atom. The quantitative estimate of drug-likeness (QED) is 0.899. The van der Waals surface area contributed by atoms with Crippen molar-refractivity contribution >= 4 is 17.3 Å². The van der Waals surface area contributed by atoms with Gasteiger partial charge >= 0.3 is 0 Å². The third-order valence-electron chi connectivity index (χ3n) is 4.25. The van der Waals surface area contributed by atoms with E-state index in [1.807, 2.05) is 12.1 Å². The molecule has 21 heavy (non-hydrogen) atoms. The summed E-state index contributed by atoms with van der Waals surface area (Å²) >= 11 is 0. The molecule has 0 radical (unpaired) electrons. The molecule has 2 fully saturated rings. The second kappa shape index (κ2) is 6.33. The summed E-state index contributed by atoms with van der Waals surface area (Å²) < 4.78 is 14.3. The van der Waals surface area contributed by atoms with Crippen LogP contribution in [0.5, 0.6) is 0 Å². The van der Waals surface area contributed by atoms with Gasteiger partial charge in [-0.3, -0.25) is 4.79 Å². The molecule has 0 saturated carbocycles. The van der Waals surface area contributed by atoms with Gasteiger partial charge in [0, 0.05) is 37.8 Å². The van der Waals surface area contributed by atoms with Crippen LogP contribution in [-0.2, 0) is 4.79 Å². The lowest BCUT2D eigenvalue weighted by atomic mass is 10.1. The summed E-state index contributed by atoms with van der Waals surface area (Å²) in [7, 11) is 0. The van der Waals surface area contributed by atoms with E-state index in [0.717, 1.165) is 51.0 Å². The van der Waals surface area contributed by atoms with Gasteiger partial charge in [0.2, 0.25) is 5.91 Å². The molecule has 1 atom stereocenters. The van der Waals surface area contributed by atoms with Crippen molar-refractivity contribution in [3.8, 4) is 0 Å². The predicted octanol–water partition coefficient (Wildman–Crippen LogP) is 2.51. The van der Waals surface area contributed by atoms with Crippen molar-refractivity contribution in [2.24, 2.45) is 0 Å². The molecule has 1 unspecified atom stereocenters. The predicted molar refractivity (Wildman–Crippen MR) is 82.1 cm³/mol. The summed E-state index contributed by atoms with van der Waals surface area (Å²) in [5, 5.41) is 6.15. The van der Waals surface area contributed by atoms with E-state index in [2.05, 4.69) is 15.5 Å². The number of hydrogen-bond donors (Lipinski definition) is 2. The number of halogens is 1. The molecule has 3 rings (SSSR count). The highest BCUT2D eigenvalue weighted by molar-refractivity contribution is 5.77. The third-order valence-corrected chi connectivity index (χ3v) is 4.25. The number of nitrogens with zero attached hydrogens (tertiary/aromatic N) is 1. The van der Waals surface area contributed by atoms with Gasteiger partial charge in [0.15, 0.2) is 0 Å². The Bertz CT molecular complexity index is 514. The summed E-state index contributed by atoms with van der Waals surface area (Å²) in [5.74, 6) is -0.112. The summed E-state index contributed by atoms with van der Waals surface area (Å²) in [6.07, 6.45) is 4.61. The largest absolute Gasteiger partial charge is 0.382 e. The van der Waals surface area contributed by atoms with E-state index in [9.17, 15) is 9.18 Å². The molecular formula is C16H22FN3O. The van der Waals surface area contributed by atoms with Crippen LogP contribution in [0.1, 0.15) is 32.1 Å². The Morgan fingerprint density at radius 2 is 2.05 bits per heavy atom. The van der Waals surface area contributed by atoms with Gasteiger partial charge in [0.25, 0.3) is 0 Å². The molecule has 0 bridgehead atoms. The van der Waals surface area contributed by atoms with E-state index in [1.165, 1.54) is 0 Å². The molecule has 1 aromatic rings. The number of nitrogens with one attached hydrogen (secondary N) is 2. The zero-order valence-corrected chi connectivity index (χ0v) is 12.2. The minimum atomic E-state index is -0.181. The normalized spacial score (nSPS) is 22.8. The lowest BCUT2D eigenvalue weighted by Gasteiger charge is -2.21. The molecule has 2 aliphatic rings. The van der Waals surface area contributed by atoms with Crippen LogP contribution in [0.4, 0.5) is 15.8 Å². The molecule has 5 heteroatoms. The highest BCUT2D eigenvalue weighted by Gasteiger charge is 2.19. The molecule has 1 aromatic carbocycles. The van der Waals surface area contributed by atoms with E-state index in [4.69, 9.17) is 0 Å². The van der Waals surface area contributed by atoms with Gasteiger partial charge in [-0.2, -0.15) is 0 Å². The Hall–Kier alpha value is -1.78. The van der Waals surface area contributed by atoms with Crippen LogP contribution >= 0.6 is 0 Å². The maximum atomic E-state index is 14.3. The van der Waals surface area contributed by atoms with E-state index in [-0.39, 0.29) is 17.8 Å². The Balaban J connectivity index is 1.68. The van der Waals surface area contributed by atoms with Gasteiger partial charge in [-0.25, -0.2) is 4.39 Å². The van der Waals surface area contributed by atoms with Crippen LogP contribution in [0.3, 0.4) is 0 Å². The number of carbonyl (C=O) groups excluding carboxylic acids is 1. The average molecular weight is 291 g/mol. The summed E-state index contributed by atoms with van der Waals surface area (Å²) in [6.45, 7) is 2.61. The smallest absolute Gasteiger partial charge is 0.222 e. The monoisotopic (exact) mass is 291 g/mol. The first kappa shape index (κ1) is 14.2. The number of hydrogen-bond acceptors (Lipinski definition) is 3. The fourth-order valence-electron chi connectivity index (χ4n) is 3.14. The highest BCUT2D eigenvalue weighted by Crippen LogP contribution is 2.26. The Kier molecular flexibility index (Phi) is 4.27. The molecule has 2 aliphatic heterocycles. The fourth-order valence-corrected chi connectivity index (χ4v) is 3.14. The lowest BCUT2D eigenvalue weighted by molar-refractivity contribution is -0.120. The topological polar surface area (TPSA) is 44.4 Å². The zero-order chi connectivity index (χ0) is 14.7. The van der Waals surface area contributed by atoms with Crippen LogP contribution in [0, 0.1) is 5.82 Å². The van der Waals surface area contributed by atoms with Gasteiger partial charge in [-0.05, 0) is 43.9 Å². The first-order valence-electron chi connectivity index (χ1n) is 7.80. The van der Waals surface area contributed by atoms with Crippen molar-refractivity contribution in [1.82, 2.24) is 5.32 Å². The summed E-state index contributed by atoms with van der Waals surface area (Å²) in [5.41, 5.74) is 1.45. The van der Waals surface area contributed by atoms with Crippen molar-refractivity contribution in [2.45, 2.75) is 38.1 Å². The van der Waals surface area contributed by atoms with Crippen molar-refractivity contribution in [3.05, 3.63) is 24.0 Å². The molecule has 2 saturated heterocycles. The third kappa shape index (κ3) is 3.46. The van der Waals surface area contributed by atoms with Crippen LogP contribution < -0.4 is 15.5 Å². The highest BCUT2D eigenvalue weighted by atomic mass is 19.1. The maximum absolute atomic E-state index is 14.3. The standard InChI is InChI=1S/C16H22FN3O/c17-14-10-13(5-6-15(14)20-8-1-2-9-20)19-12-4-3-7-18-16(21)11-12/h5-6,10,12,19H,1-4,7-9,11H2,(H,18,21). The second-order valence-corrected chi connectivity index (χ2v) is 5.90. The number of benzene rings is 1. The number of anilines is 2. The second-order valence-electron chi connectivity index (χ2n) is 5.90. The first-order valence-corrected chi connectivity index (χ1v) is 7.80. The SMILES string of the molecule is O=C1CC(Nc2ccc(N3CCCC3)c(F)c2)CCCN1. The fraction of sp³-hybridized carbons (Fsp3) is 0.562. The van der Waals surface area contributed by atoms with Gasteiger partial charge < -0.3 is 15.5 Å². The molecule has 4 nitrogen and oxygen atoms in total. The van der Waals surface area contributed by atoms with Crippen LogP contribution in [-0.4, -0.2) is 31.6 Å². The van der Waals surface area contributed by atoms with Crippen molar-refractivity contribution in [3.63, 3.8) is 0 Å². The Morgan fingerprint density at radius 1 is 1.24 bits per heavy atom. The van der Waals surface area contributed by atoms with Crippen molar-refractivity contribution in [2.75, 3.05) is 29.9 Å². The van der Waals surface area contributed by atoms with Gasteiger partial charge in [0.1, 0.15) is 5.82 Å². The molecule has 0 spiro atoms. The molecule has 1 amide bonds. The summed E-state index contributed by atoms with van der Waals surface area (Å²) in [4.78, 5) is 13.6. The first-order chi connectivity index (χ1) is 10.2. The molecule has 2 heterocycles. The van der Waals surface area contributed by atoms with E-state index < -0.39 is 0 Å². The molecule has 0 aromatic heterocycles. The van der Waals surface area contributed by atoms with Crippen LogP contribution in [0.15, 0.2) is 18.2 Å². The van der Waals surface area contributed by atoms with Crippen molar-refractivity contribution < 1.29 is 9.18 Å². The molecule has 114 valence electrons. The van der Waals surface area contributed by atoms with Gasteiger partial charge in [-0.15, -0.1) is 0 Å².